The van der Waals surface area contributed by atoms with E-state index in [1.165, 1.54) is 18.2 Å². The van der Waals surface area contributed by atoms with E-state index < -0.39 is 17.6 Å². The number of anilines is 1. The molecule has 21 heavy (non-hydrogen) atoms. The Labute approximate surface area is 128 Å². The Hall–Kier alpha value is -1.56. The van der Waals surface area contributed by atoms with Gasteiger partial charge in [-0.2, -0.15) is 13.2 Å². The highest BCUT2D eigenvalue weighted by atomic mass is 79.9. The molecule has 0 aliphatic heterocycles. The van der Waals surface area contributed by atoms with Crippen LogP contribution in [-0.2, 0) is 12.7 Å². The van der Waals surface area contributed by atoms with Crippen molar-refractivity contribution in [3.8, 4) is 0 Å². The minimum Gasteiger partial charge on any atom is -0.380 e. The zero-order valence-corrected chi connectivity index (χ0v) is 12.6. The van der Waals surface area contributed by atoms with Gasteiger partial charge in [-0.3, -0.25) is 0 Å². The van der Waals surface area contributed by atoms with Gasteiger partial charge in [0.15, 0.2) is 0 Å². The summed E-state index contributed by atoms with van der Waals surface area (Å²) in [4.78, 5) is 0. The summed E-state index contributed by atoms with van der Waals surface area (Å²) in [6, 6.07) is 8.34. The van der Waals surface area contributed by atoms with Crippen LogP contribution in [0.3, 0.4) is 0 Å². The minimum atomic E-state index is -4.47. The second-order valence-electron chi connectivity index (χ2n) is 4.64. The Morgan fingerprint density at radius 2 is 1.81 bits per heavy atom. The molecule has 112 valence electrons. The number of aryl methyl sites for hydroxylation is 1. The predicted molar refractivity (Wildman–Crippen MR) is 77.6 cm³/mol. The third kappa shape index (κ3) is 3.97. The molecule has 0 atom stereocenters. The number of hydrogen-bond acceptors (Lipinski definition) is 1. The lowest BCUT2D eigenvalue weighted by atomic mass is 10.1. The fourth-order valence-electron chi connectivity index (χ4n) is 1.93. The van der Waals surface area contributed by atoms with Crippen LogP contribution in [-0.4, -0.2) is 0 Å². The van der Waals surface area contributed by atoms with Gasteiger partial charge in [-0.25, -0.2) is 4.39 Å². The Bertz CT molecular complexity index is 653. The second-order valence-corrected chi connectivity index (χ2v) is 5.55. The third-order valence-electron chi connectivity index (χ3n) is 2.96. The highest BCUT2D eigenvalue weighted by Gasteiger charge is 2.33. The fraction of sp³-hybridized carbons (Fsp3) is 0.200. The van der Waals surface area contributed by atoms with Crippen molar-refractivity contribution in [3.63, 3.8) is 0 Å². The van der Waals surface area contributed by atoms with E-state index in [1.807, 2.05) is 0 Å². The average Bonchev–Trinajstić information content (AvgIpc) is 2.40. The maximum Gasteiger partial charge on any atom is 0.418 e. The first-order valence-corrected chi connectivity index (χ1v) is 6.92. The SMILES string of the molecule is Cc1ccc(F)c(CNc2ccc(Br)cc2C(F)(F)F)c1. The van der Waals surface area contributed by atoms with Crippen molar-refractivity contribution in [3.05, 3.63) is 63.4 Å². The quantitative estimate of drug-likeness (QED) is 0.709. The molecule has 1 nitrogen and oxygen atoms in total. The van der Waals surface area contributed by atoms with Gasteiger partial charge in [0.2, 0.25) is 0 Å². The Kier molecular flexibility index (Phi) is 4.56. The second kappa shape index (κ2) is 6.05. The van der Waals surface area contributed by atoms with Crippen molar-refractivity contribution in [2.75, 3.05) is 5.32 Å². The molecule has 6 heteroatoms. The van der Waals surface area contributed by atoms with Crippen molar-refractivity contribution in [2.24, 2.45) is 0 Å². The van der Waals surface area contributed by atoms with E-state index in [-0.39, 0.29) is 12.2 Å². The van der Waals surface area contributed by atoms with Gasteiger partial charge in [-0.1, -0.05) is 33.6 Å². The van der Waals surface area contributed by atoms with E-state index in [1.54, 1.807) is 19.1 Å². The van der Waals surface area contributed by atoms with Gasteiger partial charge in [-0.15, -0.1) is 0 Å². The molecule has 0 saturated heterocycles. The van der Waals surface area contributed by atoms with Crippen LogP contribution in [0.5, 0.6) is 0 Å². The van der Waals surface area contributed by atoms with Crippen LogP contribution in [0.25, 0.3) is 0 Å². The van der Waals surface area contributed by atoms with Crippen LogP contribution in [0.15, 0.2) is 40.9 Å². The number of nitrogens with one attached hydrogen (secondary N) is 1. The zero-order valence-electron chi connectivity index (χ0n) is 11.1. The molecular formula is C15H12BrF4N. The summed E-state index contributed by atoms with van der Waals surface area (Å²) in [5.74, 6) is -0.446. The Balaban J connectivity index is 2.26. The normalized spacial score (nSPS) is 11.5. The molecule has 2 rings (SSSR count). The van der Waals surface area contributed by atoms with Crippen LogP contribution in [0.2, 0.25) is 0 Å². The topological polar surface area (TPSA) is 12.0 Å². The molecule has 0 unspecified atom stereocenters. The molecule has 0 spiro atoms. The lowest BCUT2D eigenvalue weighted by Crippen LogP contribution is -2.11. The standard InChI is InChI=1S/C15H12BrF4N/c1-9-2-4-13(17)10(6-9)8-21-14-5-3-11(16)7-12(14)15(18,19)20/h2-7,21H,8H2,1H3. The molecule has 0 saturated carbocycles. The number of hydrogen-bond donors (Lipinski definition) is 1. The number of alkyl halides is 3. The molecule has 0 aliphatic rings. The van der Waals surface area contributed by atoms with Gasteiger partial charge in [0.1, 0.15) is 5.82 Å². The third-order valence-corrected chi connectivity index (χ3v) is 3.45. The first kappa shape index (κ1) is 15.8. The Morgan fingerprint density at radius 1 is 1.10 bits per heavy atom. The van der Waals surface area contributed by atoms with Crippen LogP contribution in [0, 0.1) is 12.7 Å². The first-order valence-electron chi connectivity index (χ1n) is 6.13. The maximum absolute atomic E-state index is 13.6. The Morgan fingerprint density at radius 3 is 2.48 bits per heavy atom. The van der Waals surface area contributed by atoms with Gasteiger partial charge in [0.25, 0.3) is 0 Å². The highest BCUT2D eigenvalue weighted by molar-refractivity contribution is 9.10. The highest BCUT2D eigenvalue weighted by Crippen LogP contribution is 2.36. The van der Waals surface area contributed by atoms with E-state index in [4.69, 9.17) is 0 Å². The van der Waals surface area contributed by atoms with Crippen molar-refractivity contribution >= 4 is 21.6 Å². The van der Waals surface area contributed by atoms with Crippen molar-refractivity contribution in [1.29, 1.82) is 0 Å². The molecule has 0 amide bonds. The van der Waals surface area contributed by atoms with Crippen molar-refractivity contribution in [1.82, 2.24) is 0 Å². The predicted octanol–water partition coefficient (Wildman–Crippen LogP) is 5.53. The van der Waals surface area contributed by atoms with Gasteiger partial charge in [0.05, 0.1) is 5.56 Å². The molecule has 2 aromatic carbocycles. The van der Waals surface area contributed by atoms with Crippen LogP contribution >= 0.6 is 15.9 Å². The van der Waals surface area contributed by atoms with E-state index >= 15 is 0 Å². The lowest BCUT2D eigenvalue weighted by Gasteiger charge is -2.15. The molecule has 1 N–H and O–H groups in total. The first-order chi connectivity index (χ1) is 9.77. The van der Waals surface area contributed by atoms with Gasteiger partial charge < -0.3 is 5.32 Å². The van der Waals surface area contributed by atoms with E-state index in [0.29, 0.717) is 10.0 Å². The van der Waals surface area contributed by atoms with Crippen molar-refractivity contribution < 1.29 is 17.6 Å². The minimum absolute atomic E-state index is 0.0156. The molecule has 0 aromatic heterocycles. The van der Waals surface area contributed by atoms with Crippen molar-refractivity contribution in [2.45, 2.75) is 19.6 Å². The summed E-state index contributed by atoms with van der Waals surface area (Å²) in [7, 11) is 0. The number of halogens is 5. The average molecular weight is 362 g/mol. The van der Waals surface area contributed by atoms with Gasteiger partial charge in [-0.05, 0) is 31.2 Å². The summed E-state index contributed by atoms with van der Waals surface area (Å²) in [5.41, 5.74) is 0.308. The molecule has 0 heterocycles. The molecule has 0 aliphatic carbocycles. The van der Waals surface area contributed by atoms with E-state index in [9.17, 15) is 17.6 Å². The summed E-state index contributed by atoms with van der Waals surface area (Å²) < 4.78 is 52.8. The number of rotatable bonds is 3. The molecule has 2 aromatic rings. The molecular weight excluding hydrogens is 350 g/mol. The largest absolute Gasteiger partial charge is 0.418 e. The summed E-state index contributed by atoms with van der Waals surface area (Å²) in [6.45, 7) is 1.78. The van der Waals surface area contributed by atoms with Gasteiger partial charge in [0, 0.05) is 22.3 Å². The lowest BCUT2D eigenvalue weighted by molar-refractivity contribution is -0.137. The van der Waals surface area contributed by atoms with Crippen LogP contribution in [0.1, 0.15) is 16.7 Å². The molecule has 0 fully saturated rings. The maximum atomic E-state index is 13.6. The summed E-state index contributed by atoms with van der Waals surface area (Å²) in [5, 5.41) is 2.65. The van der Waals surface area contributed by atoms with Crippen LogP contribution < -0.4 is 5.32 Å². The van der Waals surface area contributed by atoms with E-state index in [2.05, 4.69) is 21.2 Å². The molecule has 0 radical (unpaired) electrons. The monoisotopic (exact) mass is 361 g/mol. The summed E-state index contributed by atoms with van der Waals surface area (Å²) in [6.07, 6.45) is -4.47. The van der Waals surface area contributed by atoms with Gasteiger partial charge >= 0.3 is 6.18 Å². The van der Waals surface area contributed by atoms with Crippen LogP contribution in [0.4, 0.5) is 23.2 Å². The summed E-state index contributed by atoms with van der Waals surface area (Å²) >= 11 is 3.02. The fourth-order valence-corrected chi connectivity index (χ4v) is 2.30. The molecule has 0 bridgehead atoms. The smallest absolute Gasteiger partial charge is 0.380 e. The zero-order chi connectivity index (χ0) is 15.6. The number of benzene rings is 2. The van der Waals surface area contributed by atoms with E-state index in [0.717, 1.165) is 11.6 Å².